The second-order valence-electron chi connectivity index (χ2n) is 12.2. The minimum atomic E-state index is -0.975. The molecule has 9 nitrogen and oxygen atoms in total. The fourth-order valence-electron chi connectivity index (χ4n) is 6.95. The Morgan fingerprint density at radius 3 is 2.36 bits per heavy atom. The molecule has 2 aliphatic rings. The van der Waals surface area contributed by atoms with Crippen LogP contribution in [0.2, 0.25) is 0 Å². The topological polar surface area (TPSA) is 145 Å². The van der Waals surface area contributed by atoms with Gasteiger partial charge in [-0.1, -0.05) is 42.8 Å². The maximum atomic E-state index is 13.6. The molecule has 4 atom stereocenters. The Labute approximate surface area is 264 Å². The van der Waals surface area contributed by atoms with E-state index < -0.39 is 29.8 Å². The fraction of sp³-hybridized carbons (Fsp3) is 0.472. The summed E-state index contributed by atoms with van der Waals surface area (Å²) >= 11 is 0. The molecule has 0 spiro atoms. The molecule has 4 N–H and O–H groups in total. The number of phenolic OH excluding ortho intramolecular Hbond substituents is 1. The first-order valence-corrected chi connectivity index (χ1v) is 15.7. The number of ether oxygens (including phenoxy) is 1. The molecule has 0 saturated carbocycles. The van der Waals surface area contributed by atoms with Crippen molar-refractivity contribution in [2.45, 2.75) is 64.9 Å². The highest BCUT2D eigenvalue weighted by molar-refractivity contribution is 6.05. The van der Waals surface area contributed by atoms with Crippen molar-refractivity contribution in [1.29, 1.82) is 0 Å². The number of fused-ring (bicyclic) bond motifs is 1. The summed E-state index contributed by atoms with van der Waals surface area (Å²) in [5.74, 6) is -3.34. The van der Waals surface area contributed by atoms with Crippen molar-refractivity contribution < 1.29 is 39.5 Å². The lowest BCUT2D eigenvalue weighted by Crippen LogP contribution is -2.39. The number of carbonyl (C=O) groups is 3. The van der Waals surface area contributed by atoms with E-state index in [0.29, 0.717) is 37.7 Å². The molecular formula is C36H45NO8. The van der Waals surface area contributed by atoms with Crippen LogP contribution in [0.15, 0.2) is 53.6 Å². The molecule has 0 bridgehead atoms. The maximum Gasteiger partial charge on any atom is 0.303 e. The molecule has 0 unspecified atom stereocenters. The van der Waals surface area contributed by atoms with Crippen LogP contribution in [0.3, 0.4) is 0 Å². The molecule has 1 heterocycles. The Hall–Kier alpha value is -3.79. The average Bonchev–Trinajstić information content (AvgIpc) is 3.25. The first kappa shape index (κ1) is 34.1. The van der Waals surface area contributed by atoms with Gasteiger partial charge in [-0.3, -0.25) is 19.3 Å². The van der Waals surface area contributed by atoms with Crippen LogP contribution in [0, 0.1) is 31.6 Å². The SMILES string of the molecule is COCC1=C([C@H](O)CC/C(=C/c2cc(C)c(O)c(C)c2)c2ccccc2)[C@H](CO)[C@@H]2C(=O)N(CCCCCC(=O)O)C(=O)[C@@H]2C1. The van der Waals surface area contributed by atoms with Crippen LogP contribution in [0.5, 0.6) is 5.75 Å². The minimum Gasteiger partial charge on any atom is -0.507 e. The largest absolute Gasteiger partial charge is 0.507 e. The van der Waals surface area contributed by atoms with Crippen LogP contribution in [0.25, 0.3) is 11.6 Å². The number of aliphatic hydroxyl groups excluding tert-OH is 2. The number of hydrogen-bond acceptors (Lipinski definition) is 7. The molecule has 0 aromatic heterocycles. The molecule has 1 aliphatic carbocycles. The third kappa shape index (κ3) is 7.90. The smallest absolute Gasteiger partial charge is 0.303 e. The van der Waals surface area contributed by atoms with E-state index in [1.54, 1.807) is 7.11 Å². The van der Waals surface area contributed by atoms with Crippen LogP contribution in [-0.4, -0.2) is 76.1 Å². The number of methoxy groups -OCH3 is 1. The number of carboxylic acids is 1. The average molecular weight is 620 g/mol. The van der Waals surface area contributed by atoms with E-state index in [4.69, 9.17) is 9.84 Å². The van der Waals surface area contributed by atoms with Gasteiger partial charge in [0, 0.05) is 26.0 Å². The molecule has 2 amide bonds. The molecule has 9 heteroatoms. The standard InChI is InChI=1S/C36H45NO8/c1-22-16-24(17-23(2)34(22)42)18-26(25-10-6-4-7-11-25)13-14-30(39)32-27(21-45-3)19-28-33(29(32)20-38)36(44)37(35(28)43)15-9-5-8-12-31(40)41/h4,6-7,10-11,16-18,28-30,33,38-39,42H,5,8-9,12-15,19-21H2,1-3H3,(H,40,41)/b26-18-/t28-,29+,30-,33-/m1/s1. The monoisotopic (exact) mass is 619 g/mol. The third-order valence-electron chi connectivity index (χ3n) is 9.11. The number of aryl methyl sites for hydroxylation is 2. The van der Waals surface area contributed by atoms with Crippen LogP contribution in [-0.2, 0) is 19.1 Å². The predicted molar refractivity (Wildman–Crippen MR) is 171 cm³/mol. The van der Waals surface area contributed by atoms with Crippen molar-refractivity contribution in [3.05, 3.63) is 75.9 Å². The summed E-state index contributed by atoms with van der Waals surface area (Å²) in [6, 6.07) is 13.7. The molecule has 0 radical (unpaired) electrons. The number of carboxylic acid groups (broad SMARTS) is 1. The number of phenols is 1. The van der Waals surface area contributed by atoms with Gasteiger partial charge in [0.15, 0.2) is 0 Å². The van der Waals surface area contributed by atoms with Gasteiger partial charge in [0.05, 0.1) is 31.2 Å². The van der Waals surface area contributed by atoms with Crippen LogP contribution < -0.4 is 0 Å². The molecule has 4 rings (SSSR count). The van der Waals surface area contributed by atoms with E-state index in [9.17, 15) is 29.7 Å². The Morgan fingerprint density at radius 2 is 1.73 bits per heavy atom. The summed E-state index contributed by atoms with van der Waals surface area (Å²) in [6.07, 6.45) is 3.78. The summed E-state index contributed by atoms with van der Waals surface area (Å²) in [5.41, 5.74) is 5.79. The number of carbonyl (C=O) groups excluding carboxylic acids is 2. The van der Waals surface area contributed by atoms with Crippen molar-refractivity contribution >= 4 is 29.4 Å². The Kier molecular flexibility index (Phi) is 11.7. The first-order chi connectivity index (χ1) is 21.6. The number of hydrogen-bond donors (Lipinski definition) is 4. The van der Waals surface area contributed by atoms with Crippen LogP contribution >= 0.6 is 0 Å². The number of likely N-dealkylation sites (tertiary alicyclic amines) is 1. The zero-order valence-electron chi connectivity index (χ0n) is 26.4. The van der Waals surface area contributed by atoms with E-state index in [0.717, 1.165) is 33.4 Å². The molecule has 1 saturated heterocycles. The maximum absolute atomic E-state index is 13.6. The number of aliphatic hydroxyl groups is 2. The lowest BCUT2D eigenvalue weighted by Gasteiger charge is -2.36. The predicted octanol–water partition coefficient (Wildman–Crippen LogP) is 4.89. The quantitative estimate of drug-likeness (QED) is 0.0955. The highest BCUT2D eigenvalue weighted by Crippen LogP contribution is 2.46. The second kappa shape index (κ2) is 15.5. The number of rotatable bonds is 15. The van der Waals surface area contributed by atoms with Gasteiger partial charge in [-0.25, -0.2) is 0 Å². The van der Waals surface area contributed by atoms with E-state index >= 15 is 0 Å². The van der Waals surface area contributed by atoms with Gasteiger partial charge < -0.3 is 25.2 Å². The van der Waals surface area contributed by atoms with Gasteiger partial charge in [-0.05, 0) is 97.1 Å². The number of unbranched alkanes of at least 4 members (excludes halogenated alkanes) is 2. The second-order valence-corrected chi connectivity index (χ2v) is 12.2. The first-order valence-electron chi connectivity index (χ1n) is 15.7. The van der Waals surface area contributed by atoms with Gasteiger partial charge in [0.1, 0.15) is 5.75 Å². The molecule has 2 aromatic carbocycles. The number of aliphatic carboxylic acids is 1. The zero-order chi connectivity index (χ0) is 32.7. The summed E-state index contributed by atoms with van der Waals surface area (Å²) in [7, 11) is 1.54. The number of benzene rings is 2. The van der Waals surface area contributed by atoms with E-state index in [2.05, 4.69) is 6.08 Å². The van der Waals surface area contributed by atoms with Crippen molar-refractivity contribution in [3.8, 4) is 5.75 Å². The molecule has 242 valence electrons. The van der Waals surface area contributed by atoms with Crippen molar-refractivity contribution in [3.63, 3.8) is 0 Å². The number of amides is 2. The highest BCUT2D eigenvalue weighted by atomic mass is 16.5. The molecule has 2 aromatic rings. The molecule has 1 fully saturated rings. The van der Waals surface area contributed by atoms with Gasteiger partial charge in [0.25, 0.3) is 0 Å². The summed E-state index contributed by atoms with van der Waals surface area (Å²) < 4.78 is 5.47. The van der Waals surface area contributed by atoms with Gasteiger partial charge in [-0.15, -0.1) is 0 Å². The van der Waals surface area contributed by atoms with E-state index in [1.165, 1.54) is 4.90 Å². The molecule has 45 heavy (non-hydrogen) atoms. The number of allylic oxidation sites excluding steroid dienone is 1. The summed E-state index contributed by atoms with van der Waals surface area (Å²) in [5, 5.41) is 41.4. The third-order valence-corrected chi connectivity index (χ3v) is 9.11. The van der Waals surface area contributed by atoms with Crippen LogP contribution in [0.1, 0.15) is 67.2 Å². The minimum absolute atomic E-state index is 0.0423. The van der Waals surface area contributed by atoms with Crippen molar-refractivity contribution in [2.75, 3.05) is 26.9 Å². The van der Waals surface area contributed by atoms with Gasteiger partial charge in [-0.2, -0.15) is 0 Å². The zero-order valence-corrected chi connectivity index (χ0v) is 26.4. The lowest BCUT2D eigenvalue weighted by molar-refractivity contribution is -0.141. The number of imide groups is 1. The molecular weight excluding hydrogens is 574 g/mol. The van der Waals surface area contributed by atoms with Crippen molar-refractivity contribution in [1.82, 2.24) is 4.90 Å². The van der Waals surface area contributed by atoms with Crippen molar-refractivity contribution in [2.24, 2.45) is 17.8 Å². The Balaban J connectivity index is 1.57. The van der Waals surface area contributed by atoms with Gasteiger partial charge in [0.2, 0.25) is 11.8 Å². The van der Waals surface area contributed by atoms with Gasteiger partial charge >= 0.3 is 5.97 Å². The van der Waals surface area contributed by atoms with E-state index in [-0.39, 0.29) is 50.2 Å². The fourth-order valence-corrected chi connectivity index (χ4v) is 6.95. The number of nitrogens with zero attached hydrogens (tertiary/aromatic N) is 1. The van der Waals surface area contributed by atoms with Crippen LogP contribution in [0.4, 0.5) is 0 Å². The van der Waals surface area contributed by atoms with E-state index in [1.807, 2.05) is 56.3 Å². The number of aromatic hydroxyl groups is 1. The Bertz CT molecular complexity index is 1420. The Morgan fingerprint density at radius 1 is 1.04 bits per heavy atom. The highest BCUT2D eigenvalue weighted by Gasteiger charge is 2.54. The summed E-state index contributed by atoms with van der Waals surface area (Å²) in [4.78, 5) is 39.1. The lowest BCUT2D eigenvalue weighted by atomic mass is 9.68. The summed E-state index contributed by atoms with van der Waals surface area (Å²) in [6.45, 7) is 3.71. The molecule has 1 aliphatic heterocycles. The normalized spacial score (nSPS) is 21.0.